The number of rotatable bonds is 4. The van der Waals surface area contributed by atoms with E-state index >= 15 is 0 Å². The first kappa shape index (κ1) is 15.2. The van der Waals surface area contributed by atoms with Crippen molar-refractivity contribution in [2.75, 3.05) is 7.05 Å². The van der Waals surface area contributed by atoms with Crippen LogP contribution in [0.3, 0.4) is 0 Å². The average Bonchev–Trinajstić information content (AvgIpc) is 2.85. The molecule has 2 aromatic heterocycles. The van der Waals surface area contributed by atoms with E-state index in [4.69, 9.17) is 23.2 Å². The Kier molecular flexibility index (Phi) is 4.54. The summed E-state index contributed by atoms with van der Waals surface area (Å²) in [5, 5.41) is 0. The van der Waals surface area contributed by atoms with Crippen LogP contribution >= 0.6 is 45.9 Å². The quantitative estimate of drug-likeness (QED) is 0.839. The molecule has 9 heteroatoms. The molecule has 0 atom stereocenters. The van der Waals surface area contributed by atoms with Gasteiger partial charge >= 0.3 is 0 Å². The van der Waals surface area contributed by atoms with Gasteiger partial charge in [-0.1, -0.05) is 34.5 Å². The van der Waals surface area contributed by atoms with Gasteiger partial charge in [-0.2, -0.15) is 4.31 Å². The summed E-state index contributed by atoms with van der Waals surface area (Å²) in [7, 11) is -2.05. The first-order chi connectivity index (χ1) is 8.80. The van der Waals surface area contributed by atoms with Gasteiger partial charge in [0.05, 0.1) is 10.0 Å². The number of halogens is 2. The average molecular weight is 357 g/mol. The van der Waals surface area contributed by atoms with Gasteiger partial charge in [0, 0.05) is 18.5 Å². The molecule has 0 amide bonds. The van der Waals surface area contributed by atoms with Crippen LogP contribution < -0.4 is 0 Å². The molecule has 2 rings (SSSR count). The van der Waals surface area contributed by atoms with Crippen LogP contribution in [0.1, 0.15) is 10.6 Å². The Morgan fingerprint density at radius 3 is 2.47 bits per heavy atom. The van der Waals surface area contributed by atoms with Gasteiger partial charge in [-0.05, 0) is 19.1 Å². The number of hydrogen-bond donors (Lipinski definition) is 0. The lowest BCUT2D eigenvalue weighted by Gasteiger charge is -2.15. The van der Waals surface area contributed by atoms with Gasteiger partial charge in [-0.3, -0.25) is 0 Å². The molecule has 0 unspecified atom stereocenters. The largest absolute Gasteiger partial charge is 0.254 e. The molecule has 0 aromatic carbocycles. The summed E-state index contributed by atoms with van der Waals surface area (Å²) in [5.74, 6) is 0. The van der Waals surface area contributed by atoms with Crippen molar-refractivity contribution in [2.24, 2.45) is 0 Å². The third kappa shape index (κ3) is 3.29. The summed E-state index contributed by atoms with van der Waals surface area (Å²) in [4.78, 5) is 4.81. The lowest BCUT2D eigenvalue weighted by molar-refractivity contribution is 0.471. The highest BCUT2D eigenvalue weighted by Crippen LogP contribution is 2.30. The van der Waals surface area contributed by atoms with Crippen LogP contribution in [-0.4, -0.2) is 24.8 Å². The maximum absolute atomic E-state index is 12.4. The summed E-state index contributed by atoms with van der Waals surface area (Å²) >= 11 is 13.9. The van der Waals surface area contributed by atoms with Crippen molar-refractivity contribution >= 4 is 55.9 Å². The molecule has 19 heavy (non-hydrogen) atoms. The van der Waals surface area contributed by atoms with Gasteiger partial charge in [0.15, 0.2) is 8.68 Å². The Labute approximate surface area is 129 Å². The smallest absolute Gasteiger partial charge is 0.229 e. The van der Waals surface area contributed by atoms with E-state index in [1.165, 1.54) is 22.7 Å². The Morgan fingerprint density at radius 2 is 2.00 bits per heavy atom. The van der Waals surface area contributed by atoms with Crippen LogP contribution in [0.15, 0.2) is 16.3 Å². The molecule has 0 saturated carbocycles. The Morgan fingerprint density at radius 1 is 1.32 bits per heavy atom. The predicted molar refractivity (Wildman–Crippen MR) is 79.8 cm³/mol. The molecule has 0 N–H and O–H groups in total. The Hall–Kier alpha value is -0.180. The maximum atomic E-state index is 12.4. The summed E-state index contributed by atoms with van der Waals surface area (Å²) in [5.41, 5.74) is 0.422. The van der Waals surface area contributed by atoms with E-state index < -0.39 is 10.0 Å². The van der Waals surface area contributed by atoms with Crippen LogP contribution in [0, 0.1) is 6.92 Å². The zero-order valence-electron chi connectivity index (χ0n) is 10.1. The van der Waals surface area contributed by atoms with Gasteiger partial charge < -0.3 is 0 Å². The second kappa shape index (κ2) is 5.67. The number of aromatic nitrogens is 1. The van der Waals surface area contributed by atoms with E-state index in [2.05, 4.69) is 4.98 Å². The third-order valence-corrected chi connectivity index (χ3v) is 7.25. The minimum Gasteiger partial charge on any atom is -0.229 e. The minimum absolute atomic E-state index is 0.183. The second-order valence-electron chi connectivity index (χ2n) is 3.81. The highest BCUT2D eigenvalue weighted by atomic mass is 35.5. The van der Waals surface area contributed by atoms with Crippen molar-refractivity contribution < 1.29 is 8.42 Å². The fourth-order valence-corrected chi connectivity index (χ4v) is 5.77. The van der Waals surface area contributed by atoms with Crippen LogP contribution in [0.5, 0.6) is 0 Å². The molecule has 2 aromatic rings. The van der Waals surface area contributed by atoms with Crippen molar-refractivity contribution in [3.05, 3.63) is 31.5 Å². The summed E-state index contributed by atoms with van der Waals surface area (Å²) < 4.78 is 27.1. The molecule has 0 bridgehead atoms. The first-order valence-corrected chi connectivity index (χ1v) is 8.97. The molecule has 0 aliphatic rings. The first-order valence-electron chi connectivity index (χ1n) is 5.14. The van der Waals surface area contributed by atoms with Crippen molar-refractivity contribution in [2.45, 2.75) is 17.7 Å². The molecule has 104 valence electrons. The van der Waals surface area contributed by atoms with Crippen molar-refractivity contribution in [3.8, 4) is 0 Å². The minimum atomic E-state index is -3.57. The number of sulfonamides is 1. The molecule has 0 saturated heterocycles. The standard InChI is InChI=1S/C10H10Cl2N2O2S3/c1-6-9(18-10(12)13-6)19(15,16)14(2)5-7-3-4-8(11)17-7/h3-4H,5H2,1-2H3. The Balaban J connectivity index is 2.27. The fourth-order valence-electron chi connectivity index (χ4n) is 1.47. The molecule has 4 nitrogen and oxygen atoms in total. The zero-order chi connectivity index (χ0) is 14.2. The van der Waals surface area contributed by atoms with E-state index in [1.807, 2.05) is 6.07 Å². The van der Waals surface area contributed by atoms with Gasteiger partial charge in [-0.25, -0.2) is 13.4 Å². The van der Waals surface area contributed by atoms with Crippen LogP contribution in [0.4, 0.5) is 0 Å². The van der Waals surface area contributed by atoms with E-state index in [0.29, 0.717) is 10.0 Å². The van der Waals surface area contributed by atoms with Crippen LogP contribution in [-0.2, 0) is 16.6 Å². The predicted octanol–water partition coefficient (Wildman–Crippen LogP) is 3.64. The normalized spacial score (nSPS) is 12.3. The summed E-state index contributed by atoms with van der Waals surface area (Å²) in [6.45, 7) is 1.90. The van der Waals surface area contributed by atoms with E-state index in [1.54, 1.807) is 13.0 Å². The van der Waals surface area contributed by atoms with Crippen molar-refractivity contribution in [1.82, 2.24) is 9.29 Å². The summed E-state index contributed by atoms with van der Waals surface area (Å²) in [6, 6.07) is 3.56. The highest BCUT2D eigenvalue weighted by molar-refractivity contribution is 7.91. The van der Waals surface area contributed by atoms with E-state index in [-0.39, 0.29) is 15.2 Å². The third-order valence-electron chi connectivity index (χ3n) is 2.38. The maximum Gasteiger partial charge on any atom is 0.254 e. The van der Waals surface area contributed by atoms with Gasteiger partial charge in [0.25, 0.3) is 10.0 Å². The zero-order valence-corrected chi connectivity index (χ0v) is 14.0. The molecule has 0 spiro atoms. The molecule has 0 aliphatic heterocycles. The van der Waals surface area contributed by atoms with Gasteiger partial charge in [0.2, 0.25) is 0 Å². The van der Waals surface area contributed by atoms with E-state index in [9.17, 15) is 8.42 Å². The lowest BCUT2D eigenvalue weighted by atomic mass is 10.5. The topological polar surface area (TPSA) is 50.3 Å². The molecule has 0 radical (unpaired) electrons. The molecular formula is C10H10Cl2N2O2S3. The van der Waals surface area contributed by atoms with Crippen molar-refractivity contribution in [3.63, 3.8) is 0 Å². The molecular weight excluding hydrogens is 347 g/mol. The number of thiazole rings is 1. The molecule has 2 heterocycles. The Bertz CT molecular complexity index is 693. The molecule has 0 aliphatic carbocycles. The van der Waals surface area contributed by atoms with Crippen molar-refractivity contribution in [1.29, 1.82) is 0 Å². The van der Waals surface area contributed by atoms with Crippen LogP contribution in [0.2, 0.25) is 8.80 Å². The fraction of sp³-hybridized carbons (Fsp3) is 0.300. The summed E-state index contributed by atoms with van der Waals surface area (Å²) in [6.07, 6.45) is 0. The second-order valence-corrected chi connectivity index (χ2v) is 9.43. The molecule has 0 fully saturated rings. The van der Waals surface area contributed by atoms with Gasteiger partial charge in [-0.15, -0.1) is 11.3 Å². The van der Waals surface area contributed by atoms with Gasteiger partial charge in [0.1, 0.15) is 0 Å². The number of hydrogen-bond acceptors (Lipinski definition) is 5. The monoisotopic (exact) mass is 356 g/mol. The SMILES string of the molecule is Cc1nc(Cl)sc1S(=O)(=O)N(C)Cc1ccc(Cl)s1. The van der Waals surface area contributed by atoms with Crippen LogP contribution in [0.25, 0.3) is 0 Å². The van der Waals surface area contributed by atoms with E-state index in [0.717, 1.165) is 16.2 Å². The lowest BCUT2D eigenvalue weighted by Crippen LogP contribution is -2.26. The number of nitrogens with zero attached hydrogens (tertiary/aromatic N) is 2. The highest BCUT2D eigenvalue weighted by Gasteiger charge is 2.26. The number of thiophene rings is 1. The number of aryl methyl sites for hydroxylation is 1.